The van der Waals surface area contributed by atoms with Gasteiger partial charge in [-0.3, -0.25) is 4.79 Å². The number of halogens is 1. The van der Waals surface area contributed by atoms with Gasteiger partial charge in [0.25, 0.3) is 5.91 Å². The lowest BCUT2D eigenvalue weighted by molar-refractivity contribution is -0.128. The number of nitrogens with two attached hydrogens (primary N) is 1. The van der Waals surface area contributed by atoms with Gasteiger partial charge in [0.05, 0.1) is 24.8 Å². The number of hydrogen-bond acceptors (Lipinski definition) is 7. The number of aliphatic imine (C=N–C) groups is 1. The summed E-state index contributed by atoms with van der Waals surface area (Å²) in [7, 11) is -1.53. The van der Waals surface area contributed by atoms with Crippen LogP contribution in [0.5, 0.6) is 0 Å². The van der Waals surface area contributed by atoms with Crippen LogP contribution in [0.25, 0.3) is 0 Å². The van der Waals surface area contributed by atoms with Gasteiger partial charge in [-0.2, -0.15) is 0 Å². The van der Waals surface area contributed by atoms with Crippen molar-refractivity contribution in [3.8, 4) is 0 Å². The predicted octanol–water partition coefficient (Wildman–Crippen LogP) is 3.46. The number of nitrogens with one attached hydrogen (secondary N) is 1. The largest absolute Gasteiger partial charge is 0.390 e. The van der Waals surface area contributed by atoms with Gasteiger partial charge in [-0.15, -0.1) is 0 Å². The first-order chi connectivity index (χ1) is 20.9. The molecule has 44 heavy (non-hydrogen) atoms. The Morgan fingerprint density at radius 2 is 1.86 bits per heavy atom. The zero-order valence-electron chi connectivity index (χ0n) is 26.6. The molecule has 0 unspecified atom stereocenters. The molecule has 0 aromatic heterocycles. The molecule has 1 aromatic carbocycles. The maximum Gasteiger partial charge on any atom is 0.272 e. The minimum atomic E-state index is -3.20. The number of piperidine rings is 2. The van der Waals surface area contributed by atoms with Crippen molar-refractivity contribution >= 4 is 22.3 Å². The van der Waals surface area contributed by atoms with Gasteiger partial charge >= 0.3 is 0 Å². The van der Waals surface area contributed by atoms with Crippen molar-refractivity contribution in [2.24, 2.45) is 10.7 Å². The van der Waals surface area contributed by atoms with Gasteiger partial charge in [0.15, 0.2) is 0 Å². The quantitative estimate of drug-likeness (QED) is 0.176. The molecule has 0 bridgehead atoms. The highest BCUT2D eigenvalue weighted by atomic mass is 32.2. The Bertz CT molecular complexity index is 1350. The monoisotopic (exact) mass is 632 g/mol. The highest BCUT2D eigenvalue weighted by Crippen LogP contribution is 2.32. The van der Waals surface area contributed by atoms with E-state index in [1.54, 1.807) is 26.1 Å². The molecule has 0 saturated carbocycles. The Morgan fingerprint density at radius 3 is 2.48 bits per heavy atom. The number of benzene rings is 1. The normalized spacial score (nSPS) is 23.6. The summed E-state index contributed by atoms with van der Waals surface area (Å²) in [6.07, 6.45) is 8.19. The molecule has 0 radical (unpaired) electrons. The number of hydrogen-bond donors (Lipinski definition) is 2. The number of sulfonamides is 1. The maximum absolute atomic E-state index is 14.1. The first-order valence-corrected chi connectivity index (χ1v) is 17.5. The molecule has 3 aliphatic heterocycles. The number of allylic oxidation sites excluding steroid dienone is 1. The van der Waals surface area contributed by atoms with Gasteiger partial charge in [0, 0.05) is 50.0 Å². The smallest absolute Gasteiger partial charge is 0.272 e. The fourth-order valence-corrected chi connectivity index (χ4v) is 7.23. The molecule has 3 heterocycles. The van der Waals surface area contributed by atoms with E-state index in [1.807, 2.05) is 17.9 Å². The lowest BCUT2D eigenvalue weighted by Gasteiger charge is -2.43. The van der Waals surface area contributed by atoms with Crippen LogP contribution in [0.4, 0.5) is 4.39 Å². The van der Waals surface area contributed by atoms with Gasteiger partial charge in [0.2, 0.25) is 10.0 Å². The van der Waals surface area contributed by atoms with Crippen LogP contribution in [-0.4, -0.2) is 99.0 Å². The predicted molar refractivity (Wildman–Crippen MR) is 172 cm³/mol. The first kappa shape index (κ1) is 34.1. The van der Waals surface area contributed by atoms with Crippen LogP contribution in [0.2, 0.25) is 0 Å². The van der Waals surface area contributed by atoms with Gasteiger partial charge in [0.1, 0.15) is 11.5 Å². The Labute approximate surface area is 262 Å². The zero-order valence-corrected chi connectivity index (χ0v) is 27.4. The summed E-state index contributed by atoms with van der Waals surface area (Å²) in [5, 5.41) is 3.33. The second-order valence-electron chi connectivity index (χ2n) is 12.4. The third kappa shape index (κ3) is 8.47. The molecular formula is C32H49FN6O4S. The summed E-state index contributed by atoms with van der Waals surface area (Å²) in [6, 6.07) is 5.69. The molecule has 3 fully saturated rings. The molecule has 1 aromatic rings. The van der Waals surface area contributed by atoms with Crippen LogP contribution in [0.15, 0.2) is 46.7 Å². The molecular weight excluding hydrogens is 583 g/mol. The van der Waals surface area contributed by atoms with E-state index in [0.29, 0.717) is 42.5 Å². The highest BCUT2D eigenvalue weighted by Gasteiger charge is 2.33. The summed E-state index contributed by atoms with van der Waals surface area (Å²) in [4.78, 5) is 22.1. The van der Waals surface area contributed by atoms with E-state index in [4.69, 9.17) is 10.5 Å². The topological polar surface area (TPSA) is 121 Å². The van der Waals surface area contributed by atoms with Crippen LogP contribution in [0.1, 0.15) is 69.1 Å². The zero-order chi connectivity index (χ0) is 32.0. The fraction of sp³-hybridized carbons (Fsp3) is 0.625. The van der Waals surface area contributed by atoms with Crippen molar-refractivity contribution in [1.82, 2.24) is 19.4 Å². The molecule has 4 rings (SSSR count). The second kappa shape index (κ2) is 15.0. The van der Waals surface area contributed by atoms with Crippen molar-refractivity contribution < 1.29 is 22.3 Å². The van der Waals surface area contributed by atoms with Gasteiger partial charge in [-0.1, -0.05) is 18.7 Å². The summed E-state index contributed by atoms with van der Waals surface area (Å²) < 4.78 is 45.8. The van der Waals surface area contributed by atoms with Crippen LogP contribution in [0.3, 0.4) is 0 Å². The minimum Gasteiger partial charge on any atom is -0.390 e. The number of carbonyl (C=O) groups excluding carboxylic acids is 1. The van der Waals surface area contributed by atoms with E-state index in [-0.39, 0.29) is 35.7 Å². The molecule has 0 spiro atoms. The van der Waals surface area contributed by atoms with E-state index in [9.17, 15) is 17.6 Å². The summed E-state index contributed by atoms with van der Waals surface area (Å²) in [5.74, 6) is -0.392. The first-order valence-electron chi connectivity index (χ1n) is 15.6. The summed E-state index contributed by atoms with van der Waals surface area (Å²) >= 11 is 0. The number of carbonyl (C=O) groups is 1. The fourth-order valence-electron chi connectivity index (χ4n) is 6.47. The number of ether oxygens (including phenoxy) is 1. The van der Waals surface area contributed by atoms with Crippen LogP contribution in [-0.2, 0) is 19.6 Å². The van der Waals surface area contributed by atoms with Crippen LogP contribution < -0.4 is 11.1 Å². The number of nitrogens with zero attached hydrogens (tertiary/aromatic N) is 4. The third-order valence-electron chi connectivity index (χ3n) is 9.48. The average molecular weight is 633 g/mol. The van der Waals surface area contributed by atoms with E-state index >= 15 is 0 Å². The number of likely N-dealkylation sites (tertiary alicyclic amines) is 2. The van der Waals surface area contributed by atoms with Crippen molar-refractivity contribution in [2.75, 3.05) is 46.0 Å². The molecule has 10 nitrogen and oxygen atoms in total. The van der Waals surface area contributed by atoms with E-state index < -0.39 is 10.0 Å². The van der Waals surface area contributed by atoms with Crippen molar-refractivity contribution in [2.45, 2.75) is 83.1 Å². The molecule has 3 N–H and O–H groups in total. The Morgan fingerprint density at radius 1 is 1.18 bits per heavy atom. The molecule has 2 atom stereocenters. The van der Waals surface area contributed by atoms with Crippen LogP contribution >= 0.6 is 0 Å². The number of rotatable bonds is 10. The Balaban J connectivity index is 1.29. The van der Waals surface area contributed by atoms with Gasteiger partial charge < -0.3 is 25.6 Å². The molecule has 3 aliphatic rings. The SMILES string of the molecule is C=C(NC[C@@H]1CCC[C@H](c2ccc(C)c(F)c2)O1)/C(C)=C(\N=C/N)C(=O)N1CCC(N2CCC(N(C)S(C)(=O)=O)CC2)CC1. The molecule has 0 aliphatic carbocycles. The number of aryl methyl sites for hydroxylation is 1. The maximum atomic E-state index is 14.1. The molecule has 1 amide bonds. The average Bonchev–Trinajstić information content (AvgIpc) is 3.02. The number of amides is 1. The van der Waals surface area contributed by atoms with Crippen LogP contribution in [0, 0.1) is 12.7 Å². The second-order valence-corrected chi connectivity index (χ2v) is 14.4. The van der Waals surface area contributed by atoms with Crippen molar-refractivity contribution in [3.05, 3.63) is 58.7 Å². The minimum absolute atomic E-state index is 0.0401. The Kier molecular flexibility index (Phi) is 11.6. The third-order valence-corrected chi connectivity index (χ3v) is 10.8. The molecule has 244 valence electrons. The summed E-state index contributed by atoms with van der Waals surface area (Å²) in [5.41, 5.74) is 8.61. The van der Waals surface area contributed by atoms with E-state index in [0.717, 1.165) is 69.9 Å². The van der Waals surface area contributed by atoms with Gasteiger partial charge in [-0.25, -0.2) is 22.1 Å². The standard InChI is InChI=1S/C32H49FN6O4S/c1-22-9-10-25(19-29(22)33)30-8-6-7-28(43-30)20-35-24(3)23(2)31(36-21-34)32(40)39-17-13-27(14-18-39)38-15-11-26(12-16-38)37(4)44(5,41)42/h9-10,19,21,26-28,30,35H,3,6-8,11-18,20H2,1-2,4-5H3,(H2,34,36)/b31-23-/t28-,30+/m0/s1. The van der Waals surface area contributed by atoms with E-state index in [2.05, 4.69) is 21.8 Å². The lowest BCUT2D eigenvalue weighted by atomic mass is 9.97. The van der Waals surface area contributed by atoms with Gasteiger partial charge in [-0.05, 0) is 89.1 Å². The van der Waals surface area contributed by atoms with Crippen molar-refractivity contribution in [1.29, 1.82) is 0 Å². The molecule has 3 saturated heterocycles. The van der Waals surface area contributed by atoms with Crippen molar-refractivity contribution in [3.63, 3.8) is 0 Å². The van der Waals surface area contributed by atoms with E-state index in [1.165, 1.54) is 10.6 Å². The Hall–Kier alpha value is -2.80. The lowest BCUT2D eigenvalue weighted by Crippen LogP contribution is -2.52. The highest BCUT2D eigenvalue weighted by molar-refractivity contribution is 7.88. The summed E-state index contributed by atoms with van der Waals surface area (Å²) in [6.45, 7) is 11.2. The molecule has 12 heteroatoms.